The zero-order valence-corrected chi connectivity index (χ0v) is 13.7. The van der Waals surface area contributed by atoms with Crippen LogP contribution in [0.5, 0.6) is 0 Å². The van der Waals surface area contributed by atoms with Crippen LogP contribution in [-0.4, -0.2) is 20.2 Å². The van der Waals surface area contributed by atoms with Crippen LogP contribution >= 0.6 is 23.7 Å². The van der Waals surface area contributed by atoms with Crippen molar-refractivity contribution in [2.75, 3.05) is 0 Å². The fraction of sp³-hybridized carbons (Fsp3) is 0.286. The SMILES string of the molecule is CC(C)C(N)c1nc2cc(-c3ccnnc3)sc2c(=O)[nH]1.Cl. The first-order chi connectivity index (χ1) is 10.1. The summed E-state index contributed by atoms with van der Waals surface area (Å²) >= 11 is 1.39. The molecular formula is C14H16ClN5OS. The summed E-state index contributed by atoms with van der Waals surface area (Å²) in [7, 11) is 0. The molecule has 1 atom stereocenters. The highest BCUT2D eigenvalue weighted by molar-refractivity contribution is 7.22. The number of hydrogen-bond acceptors (Lipinski definition) is 6. The molecule has 3 heterocycles. The molecule has 0 amide bonds. The molecule has 0 fully saturated rings. The predicted molar refractivity (Wildman–Crippen MR) is 90.3 cm³/mol. The van der Waals surface area contributed by atoms with Crippen molar-refractivity contribution in [2.45, 2.75) is 19.9 Å². The van der Waals surface area contributed by atoms with Crippen LogP contribution in [-0.2, 0) is 0 Å². The van der Waals surface area contributed by atoms with Crippen molar-refractivity contribution < 1.29 is 0 Å². The lowest BCUT2D eigenvalue weighted by Gasteiger charge is -2.13. The molecule has 0 aliphatic carbocycles. The summed E-state index contributed by atoms with van der Waals surface area (Å²) in [6.45, 7) is 3.99. The molecule has 0 saturated carbocycles. The summed E-state index contributed by atoms with van der Waals surface area (Å²) in [4.78, 5) is 20.4. The molecule has 0 saturated heterocycles. The molecule has 0 aromatic carbocycles. The zero-order chi connectivity index (χ0) is 15.0. The quantitative estimate of drug-likeness (QED) is 0.765. The van der Waals surface area contributed by atoms with Crippen molar-refractivity contribution in [1.82, 2.24) is 20.2 Å². The minimum atomic E-state index is -0.284. The average Bonchev–Trinajstić information content (AvgIpc) is 2.92. The molecule has 3 aromatic rings. The lowest BCUT2D eigenvalue weighted by atomic mass is 10.1. The van der Waals surface area contributed by atoms with Crippen LogP contribution in [0.3, 0.4) is 0 Å². The van der Waals surface area contributed by atoms with Crippen LogP contribution < -0.4 is 11.3 Å². The van der Waals surface area contributed by atoms with Gasteiger partial charge in [0.25, 0.3) is 5.56 Å². The highest BCUT2D eigenvalue weighted by Gasteiger charge is 2.16. The Morgan fingerprint density at radius 3 is 2.73 bits per heavy atom. The number of nitrogens with two attached hydrogens (primary N) is 1. The van der Waals surface area contributed by atoms with Gasteiger partial charge in [-0.2, -0.15) is 10.2 Å². The summed E-state index contributed by atoms with van der Waals surface area (Å²) < 4.78 is 0.599. The first-order valence-electron chi connectivity index (χ1n) is 6.62. The van der Waals surface area contributed by atoms with Crippen molar-refractivity contribution in [3.8, 4) is 10.4 Å². The van der Waals surface area contributed by atoms with Crippen molar-refractivity contribution in [3.63, 3.8) is 0 Å². The molecule has 3 N–H and O–H groups in total. The number of nitrogens with one attached hydrogen (secondary N) is 1. The van der Waals surface area contributed by atoms with Gasteiger partial charge in [0.1, 0.15) is 10.5 Å². The molecule has 0 aliphatic heterocycles. The monoisotopic (exact) mass is 337 g/mol. The van der Waals surface area contributed by atoms with Gasteiger partial charge in [-0.1, -0.05) is 13.8 Å². The van der Waals surface area contributed by atoms with Gasteiger partial charge >= 0.3 is 0 Å². The number of hydrogen-bond donors (Lipinski definition) is 2. The smallest absolute Gasteiger partial charge is 0.268 e. The number of thiophene rings is 1. The van der Waals surface area contributed by atoms with E-state index in [0.717, 1.165) is 10.4 Å². The maximum Gasteiger partial charge on any atom is 0.268 e. The minimum absolute atomic E-state index is 0. The third kappa shape index (κ3) is 3.01. The average molecular weight is 338 g/mol. The van der Waals surface area contributed by atoms with E-state index in [4.69, 9.17) is 5.73 Å². The Morgan fingerprint density at radius 1 is 1.32 bits per heavy atom. The van der Waals surface area contributed by atoms with Gasteiger partial charge in [-0.15, -0.1) is 23.7 Å². The summed E-state index contributed by atoms with van der Waals surface area (Å²) in [5, 5.41) is 7.61. The maximum atomic E-state index is 12.2. The second-order valence-electron chi connectivity index (χ2n) is 5.18. The number of halogens is 1. The number of fused-ring (bicyclic) bond motifs is 1. The predicted octanol–water partition coefficient (Wildman–Crippen LogP) is 2.52. The molecule has 0 aliphatic rings. The Balaban J connectivity index is 0.00000176. The standard InChI is InChI=1S/C14H15N5OS.ClH/c1-7(2)11(15)13-18-9-5-10(8-3-4-16-17-6-8)21-12(9)14(20)19-13;/h3-7,11H,15H2,1-2H3,(H,18,19,20);1H. The van der Waals surface area contributed by atoms with E-state index in [2.05, 4.69) is 20.2 Å². The summed E-state index contributed by atoms with van der Waals surface area (Å²) in [5.41, 5.74) is 7.51. The molecule has 0 radical (unpaired) electrons. The molecule has 22 heavy (non-hydrogen) atoms. The lowest BCUT2D eigenvalue weighted by Crippen LogP contribution is -2.23. The van der Waals surface area contributed by atoms with E-state index in [1.165, 1.54) is 11.3 Å². The Labute approximate surface area is 137 Å². The van der Waals surface area contributed by atoms with Crippen LogP contribution in [0.1, 0.15) is 25.7 Å². The van der Waals surface area contributed by atoms with Crippen molar-refractivity contribution in [2.24, 2.45) is 11.7 Å². The van der Waals surface area contributed by atoms with E-state index in [9.17, 15) is 4.79 Å². The van der Waals surface area contributed by atoms with Crippen LogP contribution in [0.25, 0.3) is 20.7 Å². The van der Waals surface area contributed by atoms with Gasteiger partial charge in [0.2, 0.25) is 0 Å². The van der Waals surface area contributed by atoms with Crippen molar-refractivity contribution in [1.29, 1.82) is 0 Å². The summed E-state index contributed by atoms with van der Waals surface area (Å²) in [6.07, 6.45) is 3.29. The Kier molecular flexibility index (Phi) is 4.90. The Bertz CT molecular complexity index is 830. The van der Waals surface area contributed by atoms with E-state index in [-0.39, 0.29) is 29.9 Å². The highest BCUT2D eigenvalue weighted by atomic mass is 35.5. The van der Waals surface area contributed by atoms with Gasteiger partial charge in [0, 0.05) is 10.4 Å². The molecule has 1 unspecified atom stereocenters. The van der Waals surface area contributed by atoms with E-state index < -0.39 is 0 Å². The molecule has 0 bridgehead atoms. The zero-order valence-electron chi connectivity index (χ0n) is 12.1. The highest BCUT2D eigenvalue weighted by Crippen LogP contribution is 2.30. The van der Waals surface area contributed by atoms with Crippen molar-refractivity contribution >= 4 is 34.0 Å². The first kappa shape index (κ1) is 16.5. The third-order valence-electron chi connectivity index (χ3n) is 3.30. The topological polar surface area (TPSA) is 97.5 Å². The number of aromatic nitrogens is 4. The molecule has 3 aromatic heterocycles. The molecular weight excluding hydrogens is 322 g/mol. The van der Waals surface area contributed by atoms with Gasteiger partial charge in [-0.25, -0.2) is 4.98 Å². The van der Waals surface area contributed by atoms with E-state index in [1.807, 2.05) is 26.0 Å². The first-order valence-corrected chi connectivity index (χ1v) is 7.44. The Hall–Kier alpha value is -1.83. The number of aromatic amines is 1. The van der Waals surface area contributed by atoms with E-state index in [1.54, 1.807) is 12.4 Å². The lowest BCUT2D eigenvalue weighted by molar-refractivity contribution is 0.491. The maximum absolute atomic E-state index is 12.2. The number of rotatable bonds is 3. The molecule has 8 heteroatoms. The van der Waals surface area contributed by atoms with Crippen LogP contribution in [0.15, 0.2) is 29.3 Å². The van der Waals surface area contributed by atoms with Crippen LogP contribution in [0.2, 0.25) is 0 Å². The van der Waals surface area contributed by atoms with Gasteiger partial charge in [0.05, 0.1) is 24.0 Å². The van der Waals surface area contributed by atoms with Crippen molar-refractivity contribution in [3.05, 3.63) is 40.7 Å². The van der Waals surface area contributed by atoms with E-state index in [0.29, 0.717) is 16.0 Å². The molecule has 3 rings (SSSR count). The van der Waals surface area contributed by atoms with Gasteiger partial charge in [-0.05, 0) is 18.1 Å². The fourth-order valence-corrected chi connectivity index (χ4v) is 2.99. The van der Waals surface area contributed by atoms with Crippen LogP contribution in [0.4, 0.5) is 0 Å². The van der Waals surface area contributed by atoms with Gasteiger partial charge in [0.15, 0.2) is 0 Å². The normalized spacial score (nSPS) is 12.4. The Morgan fingerprint density at radius 2 is 2.09 bits per heavy atom. The van der Waals surface area contributed by atoms with Crippen LogP contribution in [0, 0.1) is 5.92 Å². The largest absolute Gasteiger partial charge is 0.321 e. The summed E-state index contributed by atoms with van der Waals surface area (Å²) in [6, 6.07) is 3.46. The second-order valence-corrected chi connectivity index (χ2v) is 6.23. The second kappa shape index (κ2) is 6.51. The van der Waals surface area contributed by atoms with Gasteiger partial charge in [-0.3, -0.25) is 4.79 Å². The molecule has 0 spiro atoms. The van der Waals surface area contributed by atoms with E-state index >= 15 is 0 Å². The molecule has 6 nitrogen and oxygen atoms in total. The van der Waals surface area contributed by atoms with Gasteiger partial charge < -0.3 is 10.7 Å². The number of nitrogens with zero attached hydrogens (tertiary/aromatic N) is 3. The summed E-state index contributed by atoms with van der Waals surface area (Å²) in [5.74, 6) is 0.729. The third-order valence-corrected chi connectivity index (χ3v) is 4.48. The fourth-order valence-electron chi connectivity index (χ4n) is 2.01. The number of H-pyrrole nitrogens is 1. The molecule has 116 valence electrons. The minimum Gasteiger partial charge on any atom is -0.321 e.